The lowest BCUT2D eigenvalue weighted by atomic mass is 9.94. The number of amides is 1. The summed E-state index contributed by atoms with van der Waals surface area (Å²) in [5.74, 6) is 0.284. The van der Waals surface area contributed by atoms with Crippen molar-refractivity contribution >= 4 is 21.8 Å². The Kier molecular flexibility index (Phi) is 4.96. The van der Waals surface area contributed by atoms with Crippen LogP contribution in [-0.4, -0.2) is 36.0 Å². The molecule has 4 heteroatoms. The van der Waals surface area contributed by atoms with Crippen molar-refractivity contribution < 1.29 is 4.79 Å². The van der Waals surface area contributed by atoms with Gasteiger partial charge in [-0.1, -0.05) is 28.1 Å². The topological polar surface area (TPSA) is 32.3 Å². The highest BCUT2D eigenvalue weighted by Gasteiger charge is 2.33. The van der Waals surface area contributed by atoms with E-state index in [1.807, 2.05) is 24.3 Å². The van der Waals surface area contributed by atoms with E-state index in [4.69, 9.17) is 0 Å². The molecule has 114 valence electrons. The maximum absolute atomic E-state index is 12.7. The fourth-order valence-electron chi connectivity index (χ4n) is 3.65. The number of rotatable bonds is 3. The molecule has 2 aliphatic rings. The molecule has 2 heterocycles. The van der Waals surface area contributed by atoms with Gasteiger partial charge in [0.15, 0.2) is 0 Å². The van der Waals surface area contributed by atoms with Crippen LogP contribution in [0.4, 0.5) is 0 Å². The molecule has 3 nitrogen and oxygen atoms in total. The molecule has 0 radical (unpaired) electrons. The zero-order valence-corrected chi connectivity index (χ0v) is 13.9. The Morgan fingerprint density at radius 3 is 2.95 bits per heavy atom. The Morgan fingerprint density at radius 1 is 1.29 bits per heavy atom. The number of carbonyl (C=O) groups is 1. The summed E-state index contributed by atoms with van der Waals surface area (Å²) in [5.41, 5.74) is 1.10. The molecule has 2 unspecified atom stereocenters. The first-order valence-corrected chi connectivity index (χ1v) is 8.80. The molecule has 2 fully saturated rings. The number of halogens is 1. The summed E-state index contributed by atoms with van der Waals surface area (Å²) in [6.45, 7) is 2.03. The number of benzene rings is 1. The van der Waals surface area contributed by atoms with Gasteiger partial charge in [0.05, 0.1) is 6.42 Å². The molecule has 0 aromatic heterocycles. The summed E-state index contributed by atoms with van der Waals surface area (Å²) >= 11 is 3.48. The molecule has 0 spiro atoms. The zero-order chi connectivity index (χ0) is 14.7. The number of carbonyl (C=O) groups excluding carboxylic acids is 1. The fraction of sp³-hybridized carbons (Fsp3) is 0.588. The van der Waals surface area contributed by atoms with E-state index in [1.54, 1.807) is 0 Å². The van der Waals surface area contributed by atoms with Crippen LogP contribution in [0.5, 0.6) is 0 Å². The minimum atomic E-state index is 0.284. The molecule has 0 bridgehead atoms. The minimum Gasteiger partial charge on any atom is -0.338 e. The van der Waals surface area contributed by atoms with Gasteiger partial charge in [-0.3, -0.25) is 4.79 Å². The fourth-order valence-corrected chi connectivity index (χ4v) is 4.09. The van der Waals surface area contributed by atoms with E-state index in [-0.39, 0.29) is 5.91 Å². The minimum absolute atomic E-state index is 0.284. The number of hydrogen-bond donors (Lipinski definition) is 1. The third-order valence-corrected chi connectivity index (χ3v) is 5.17. The first-order valence-electron chi connectivity index (χ1n) is 8.01. The van der Waals surface area contributed by atoms with Crippen molar-refractivity contribution in [1.82, 2.24) is 10.2 Å². The lowest BCUT2D eigenvalue weighted by molar-refractivity contribution is -0.134. The second-order valence-electron chi connectivity index (χ2n) is 6.16. The predicted molar refractivity (Wildman–Crippen MR) is 88.2 cm³/mol. The Morgan fingerprint density at radius 2 is 2.19 bits per heavy atom. The van der Waals surface area contributed by atoms with Crippen molar-refractivity contribution in [2.45, 2.75) is 50.6 Å². The van der Waals surface area contributed by atoms with Crippen molar-refractivity contribution in [1.29, 1.82) is 0 Å². The maximum atomic E-state index is 12.7. The van der Waals surface area contributed by atoms with Gasteiger partial charge in [-0.15, -0.1) is 0 Å². The highest BCUT2D eigenvalue weighted by Crippen LogP contribution is 2.25. The van der Waals surface area contributed by atoms with E-state index >= 15 is 0 Å². The van der Waals surface area contributed by atoms with Gasteiger partial charge in [0.2, 0.25) is 5.91 Å². The number of nitrogens with one attached hydrogen (secondary N) is 1. The Balaban J connectivity index is 1.68. The molecule has 1 aromatic carbocycles. The molecular weight excluding hydrogens is 328 g/mol. The molecule has 0 saturated carbocycles. The van der Waals surface area contributed by atoms with Crippen LogP contribution in [0.15, 0.2) is 28.7 Å². The lowest BCUT2D eigenvalue weighted by Gasteiger charge is -2.39. The van der Waals surface area contributed by atoms with Crippen LogP contribution < -0.4 is 5.32 Å². The van der Waals surface area contributed by atoms with Crippen LogP contribution in [0, 0.1) is 0 Å². The molecule has 2 atom stereocenters. The molecule has 2 saturated heterocycles. The molecular formula is C17H23BrN2O. The Hall–Kier alpha value is -0.870. The molecule has 1 aromatic rings. The van der Waals surface area contributed by atoms with Crippen LogP contribution in [0.25, 0.3) is 0 Å². The summed E-state index contributed by atoms with van der Waals surface area (Å²) in [7, 11) is 0. The standard InChI is InChI=1S/C17H23BrN2O/c18-14-6-3-5-13(11-14)12-17(21)20-10-2-1-8-16(20)15-7-4-9-19-15/h3,5-6,11,15-16,19H,1-2,4,7-10,12H2. The first kappa shape index (κ1) is 15.0. The van der Waals surface area contributed by atoms with Gasteiger partial charge in [0.25, 0.3) is 0 Å². The van der Waals surface area contributed by atoms with E-state index < -0.39 is 0 Å². The molecule has 21 heavy (non-hydrogen) atoms. The van der Waals surface area contributed by atoms with Crippen molar-refractivity contribution in [3.63, 3.8) is 0 Å². The smallest absolute Gasteiger partial charge is 0.227 e. The van der Waals surface area contributed by atoms with Gasteiger partial charge in [-0.2, -0.15) is 0 Å². The second-order valence-corrected chi connectivity index (χ2v) is 7.08. The van der Waals surface area contributed by atoms with Gasteiger partial charge in [0.1, 0.15) is 0 Å². The van der Waals surface area contributed by atoms with Crippen LogP contribution in [0.3, 0.4) is 0 Å². The van der Waals surface area contributed by atoms with Crippen molar-refractivity contribution in [3.8, 4) is 0 Å². The van der Waals surface area contributed by atoms with Crippen LogP contribution in [-0.2, 0) is 11.2 Å². The summed E-state index contributed by atoms with van der Waals surface area (Å²) in [4.78, 5) is 14.9. The first-order chi connectivity index (χ1) is 10.2. The van der Waals surface area contributed by atoms with Crippen molar-refractivity contribution in [2.75, 3.05) is 13.1 Å². The third kappa shape index (κ3) is 3.67. The quantitative estimate of drug-likeness (QED) is 0.908. The highest BCUT2D eigenvalue weighted by atomic mass is 79.9. The molecule has 2 aliphatic heterocycles. The number of hydrogen-bond acceptors (Lipinski definition) is 2. The number of nitrogens with zero attached hydrogens (tertiary/aromatic N) is 1. The largest absolute Gasteiger partial charge is 0.338 e. The van der Waals surface area contributed by atoms with E-state index in [1.165, 1.54) is 19.3 Å². The average molecular weight is 351 g/mol. The third-order valence-electron chi connectivity index (χ3n) is 4.68. The van der Waals surface area contributed by atoms with Crippen LogP contribution in [0.2, 0.25) is 0 Å². The Labute approximate surface area is 135 Å². The summed E-state index contributed by atoms with van der Waals surface area (Å²) in [6, 6.07) is 9.00. The summed E-state index contributed by atoms with van der Waals surface area (Å²) in [6.07, 6.45) is 6.53. The summed E-state index contributed by atoms with van der Waals surface area (Å²) in [5, 5.41) is 3.58. The number of likely N-dealkylation sites (tertiary alicyclic amines) is 1. The van der Waals surface area contributed by atoms with Gasteiger partial charge in [-0.25, -0.2) is 0 Å². The predicted octanol–water partition coefficient (Wildman–Crippen LogP) is 3.12. The van der Waals surface area contributed by atoms with E-state index in [9.17, 15) is 4.79 Å². The summed E-state index contributed by atoms with van der Waals surface area (Å²) < 4.78 is 1.04. The average Bonchev–Trinajstić information content (AvgIpc) is 3.01. The van der Waals surface area contributed by atoms with Gasteiger partial charge >= 0.3 is 0 Å². The normalized spacial score (nSPS) is 26.0. The van der Waals surface area contributed by atoms with E-state index in [2.05, 4.69) is 26.1 Å². The highest BCUT2D eigenvalue weighted by molar-refractivity contribution is 9.10. The van der Waals surface area contributed by atoms with Crippen LogP contribution in [0.1, 0.15) is 37.7 Å². The molecule has 3 rings (SSSR count). The molecule has 1 amide bonds. The van der Waals surface area contributed by atoms with E-state index in [0.717, 1.165) is 36.0 Å². The van der Waals surface area contributed by atoms with Crippen molar-refractivity contribution in [2.24, 2.45) is 0 Å². The zero-order valence-electron chi connectivity index (χ0n) is 12.4. The maximum Gasteiger partial charge on any atom is 0.227 e. The van der Waals surface area contributed by atoms with Crippen molar-refractivity contribution in [3.05, 3.63) is 34.3 Å². The van der Waals surface area contributed by atoms with E-state index in [0.29, 0.717) is 18.5 Å². The van der Waals surface area contributed by atoms with Gasteiger partial charge < -0.3 is 10.2 Å². The molecule has 0 aliphatic carbocycles. The van der Waals surface area contributed by atoms with Gasteiger partial charge in [-0.05, 0) is 56.3 Å². The lowest BCUT2D eigenvalue weighted by Crippen LogP contribution is -2.53. The van der Waals surface area contributed by atoms with Crippen LogP contribution >= 0.6 is 15.9 Å². The SMILES string of the molecule is O=C(Cc1cccc(Br)c1)N1CCCCC1C1CCCN1. The Bertz CT molecular complexity index is 499. The molecule has 1 N–H and O–H groups in total. The number of piperidine rings is 1. The monoisotopic (exact) mass is 350 g/mol. The second kappa shape index (κ2) is 6.93. The van der Waals surface area contributed by atoms with Gasteiger partial charge in [0, 0.05) is 23.1 Å².